The summed E-state index contributed by atoms with van der Waals surface area (Å²) < 4.78 is 0. The Balaban J connectivity index is 2.69. The molecule has 0 aliphatic heterocycles. The van der Waals surface area contributed by atoms with E-state index in [0.717, 1.165) is 24.2 Å². The number of fused-ring (bicyclic) bond motifs is 1. The van der Waals surface area contributed by atoms with Crippen LogP contribution in [0.25, 0.3) is 11.0 Å². The van der Waals surface area contributed by atoms with Gasteiger partial charge in [0, 0.05) is 11.3 Å². The average Bonchev–Trinajstić information content (AvgIpc) is 2.67. The summed E-state index contributed by atoms with van der Waals surface area (Å²) in [6, 6.07) is 0. The largest absolute Gasteiger partial charge is 0.342 e. The summed E-state index contributed by atoms with van der Waals surface area (Å²) in [7, 11) is 0. The van der Waals surface area contributed by atoms with Gasteiger partial charge in [0.2, 0.25) is 0 Å². The maximum atomic E-state index is 11.1. The number of carbonyl (C=O) groups excluding carboxylic acids is 1. The van der Waals surface area contributed by atoms with Gasteiger partial charge in [0.25, 0.3) is 0 Å². The van der Waals surface area contributed by atoms with Crippen LogP contribution in [0.1, 0.15) is 29.9 Å². The maximum Gasteiger partial charge on any atom is 0.190 e. The van der Waals surface area contributed by atoms with Crippen molar-refractivity contribution in [2.45, 2.75) is 25.4 Å². The molecule has 0 aromatic carbocycles. The Bertz CT molecular complexity index is 567. The fraction of sp³-hybridized carbons (Fsp3) is 0.364. The number of aromatic nitrogens is 3. The van der Waals surface area contributed by atoms with E-state index in [-0.39, 0.29) is 0 Å². The fourth-order valence-electron chi connectivity index (χ4n) is 1.71. The summed E-state index contributed by atoms with van der Waals surface area (Å²) in [6.45, 7) is 4.00. The first-order valence-electron chi connectivity index (χ1n) is 5.37. The van der Waals surface area contributed by atoms with Crippen LogP contribution < -0.4 is 0 Å². The third-order valence-corrected chi connectivity index (χ3v) is 3.46. The van der Waals surface area contributed by atoms with Gasteiger partial charge in [-0.2, -0.15) is 0 Å². The monoisotopic (exact) mass is 269 g/mol. The minimum atomic E-state index is 0.337. The lowest BCUT2D eigenvalue weighted by atomic mass is 10.2. The second kappa shape index (κ2) is 5.06. The molecule has 90 valence electrons. The lowest BCUT2D eigenvalue weighted by Gasteiger charge is -1.99. The molecule has 17 heavy (non-hydrogen) atoms. The standard InChI is InChI=1S/C11H12ClN3OS/c1-3-7-6(5-16)8-9(12)14-11(17-4-2)15-10(8)13-7/h5H,3-4H2,1-2H3,(H,13,14,15). The van der Waals surface area contributed by atoms with Gasteiger partial charge < -0.3 is 4.98 Å². The highest BCUT2D eigenvalue weighted by molar-refractivity contribution is 7.99. The first kappa shape index (κ1) is 12.4. The molecule has 0 atom stereocenters. The van der Waals surface area contributed by atoms with Gasteiger partial charge in [-0.1, -0.05) is 37.2 Å². The zero-order chi connectivity index (χ0) is 12.4. The lowest BCUT2D eigenvalue weighted by Crippen LogP contribution is -1.90. The average molecular weight is 270 g/mol. The van der Waals surface area contributed by atoms with Crippen LogP contribution in [0.4, 0.5) is 0 Å². The molecule has 0 aliphatic carbocycles. The third-order valence-electron chi connectivity index (χ3n) is 2.45. The van der Waals surface area contributed by atoms with Gasteiger partial charge in [-0.25, -0.2) is 9.97 Å². The van der Waals surface area contributed by atoms with E-state index >= 15 is 0 Å². The van der Waals surface area contributed by atoms with Crippen LogP contribution in [-0.2, 0) is 6.42 Å². The van der Waals surface area contributed by atoms with E-state index in [1.54, 1.807) is 0 Å². The summed E-state index contributed by atoms with van der Waals surface area (Å²) in [5, 5.41) is 1.59. The molecule has 0 amide bonds. The van der Waals surface area contributed by atoms with Crippen LogP contribution in [-0.4, -0.2) is 27.0 Å². The van der Waals surface area contributed by atoms with E-state index in [1.165, 1.54) is 11.8 Å². The van der Waals surface area contributed by atoms with Crippen molar-refractivity contribution in [3.05, 3.63) is 16.4 Å². The van der Waals surface area contributed by atoms with E-state index < -0.39 is 0 Å². The summed E-state index contributed by atoms with van der Waals surface area (Å²) in [6.07, 6.45) is 1.54. The van der Waals surface area contributed by atoms with Gasteiger partial charge in [-0.15, -0.1) is 0 Å². The topological polar surface area (TPSA) is 58.6 Å². The zero-order valence-electron chi connectivity index (χ0n) is 9.58. The predicted molar refractivity (Wildman–Crippen MR) is 70.1 cm³/mol. The SMILES string of the molecule is CCSc1nc(Cl)c2c(C=O)c(CC)[nH]c2n1. The number of carbonyl (C=O) groups is 1. The number of H-pyrrole nitrogens is 1. The zero-order valence-corrected chi connectivity index (χ0v) is 11.2. The number of hydrogen-bond donors (Lipinski definition) is 1. The maximum absolute atomic E-state index is 11.1. The molecule has 2 rings (SSSR count). The second-order valence-electron chi connectivity index (χ2n) is 3.44. The van der Waals surface area contributed by atoms with Gasteiger partial charge in [-0.3, -0.25) is 4.79 Å². The fourth-order valence-corrected chi connectivity index (χ4v) is 2.60. The first-order chi connectivity index (χ1) is 8.21. The molecule has 0 bridgehead atoms. The van der Waals surface area contributed by atoms with Crippen molar-refractivity contribution in [3.8, 4) is 0 Å². The second-order valence-corrected chi connectivity index (χ2v) is 5.03. The number of nitrogens with zero attached hydrogens (tertiary/aromatic N) is 2. The molecule has 1 N–H and O–H groups in total. The summed E-state index contributed by atoms with van der Waals surface area (Å²) >= 11 is 7.63. The Hall–Kier alpha value is -1.07. The van der Waals surface area contributed by atoms with Gasteiger partial charge in [0.1, 0.15) is 10.8 Å². The third kappa shape index (κ3) is 2.17. The molecule has 0 fully saturated rings. The van der Waals surface area contributed by atoms with Crippen molar-refractivity contribution in [3.63, 3.8) is 0 Å². The van der Waals surface area contributed by atoms with E-state index in [1.807, 2.05) is 13.8 Å². The van der Waals surface area contributed by atoms with Gasteiger partial charge in [0.15, 0.2) is 11.4 Å². The molecular formula is C11H12ClN3OS. The smallest absolute Gasteiger partial charge is 0.190 e. The number of halogens is 1. The Kier molecular flexibility index (Phi) is 3.69. The summed E-state index contributed by atoms with van der Waals surface area (Å²) in [4.78, 5) is 22.8. The highest BCUT2D eigenvalue weighted by Gasteiger charge is 2.16. The first-order valence-corrected chi connectivity index (χ1v) is 6.73. The number of aromatic amines is 1. The van der Waals surface area contributed by atoms with Crippen LogP contribution in [0.3, 0.4) is 0 Å². The van der Waals surface area contributed by atoms with Gasteiger partial charge in [-0.05, 0) is 12.2 Å². The normalized spacial score (nSPS) is 11.0. The number of aryl methyl sites for hydroxylation is 1. The molecule has 4 nitrogen and oxygen atoms in total. The van der Waals surface area contributed by atoms with E-state index in [2.05, 4.69) is 15.0 Å². The highest BCUT2D eigenvalue weighted by atomic mass is 35.5. The van der Waals surface area contributed by atoms with Crippen LogP contribution in [0.5, 0.6) is 0 Å². The molecule has 6 heteroatoms. The minimum absolute atomic E-state index is 0.337. The van der Waals surface area contributed by atoms with Crippen molar-refractivity contribution in [1.29, 1.82) is 0 Å². The predicted octanol–water partition coefficient (Wildman–Crippen LogP) is 3.10. The van der Waals surface area contributed by atoms with Crippen LogP contribution >= 0.6 is 23.4 Å². The molecule has 0 aliphatic rings. The Morgan fingerprint density at radius 2 is 2.18 bits per heavy atom. The number of thioether (sulfide) groups is 1. The van der Waals surface area contributed by atoms with Crippen LogP contribution in [0.2, 0.25) is 5.15 Å². The van der Waals surface area contributed by atoms with E-state index in [9.17, 15) is 4.79 Å². The van der Waals surface area contributed by atoms with Gasteiger partial charge >= 0.3 is 0 Å². The van der Waals surface area contributed by atoms with E-state index in [4.69, 9.17) is 11.6 Å². The molecule has 0 unspecified atom stereocenters. The highest BCUT2D eigenvalue weighted by Crippen LogP contribution is 2.28. The van der Waals surface area contributed by atoms with Crippen molar-refractivity contribution in [2.75, 3.05) is 5.75 Å². The number of rotatable bonds is 4. The van der Waals surface area contributed by atoms with E-state index in [0.29, 0.717) is 26.9 Å². The summed E-state index contributed by atoms with van der Waals surface area (Å²) in [5.74, 6) is 0.879. The molecule has 0 saturated carbocycles. The van der Waals surface area contributed by atoms with Crippen LogP contribution in [0, 0.1) is 0 Å². The molecule has 2 aromatic rings. The summed E-state index contributed by atoms with van der Waals surface area (Å²) in [5.41, 5.74) is 2.06. The quantitative estimate of drug-likeness (QED) is 0.401. The Morgan fingerprint density at radius 1 is 1.41 bits per heavy atom. The van der Waals surface area contributed by atoms with Crippen molar-refractivity contribution in [1.82, 2.24) is 15.0 Å². The van der Waals surface area contributed by atoms with Gasteiger partial charge in [0.05, 0.1) is 5.39 Å². The van der Waals surface area contributed by atoms with Crippen molar-refractivity contribution in [2.24, 2.45) is 0 Å². The number of hydrogen-bond acceptors (Lipinski definition) is 4. The Labute approximate surface area is 108 Å². The molecule has 0 saturated heterocycles. The lowest BCUT2D eigenvalue weighted by molar-refractivity contribution is 0.112. The number of aldehydes is 1. The molecule has 2 heterocycles. The molecule has 2 aromatic heterocycles. The minimum Gasteiger partial charge on any atom is -0.342 e. The Morgan fingerprint density at radius 3 is 2.76 bits per heavy atom. The van der Waals surface area contributed by atoms with Crippen LogP contribution in [0.15, 0.2) is 5.16 Å². The molecule has 0 spiro atoms. The molecular weight excluding hydrogens is 258 g/mol. The van der Waals surface area contributed by atoms with Crippen molar-refractivity contribution < 1.29 is 4.79 Å². The number of nitrogens with one attached hydrogen (secondary N) is 1. The molecule has 0 radical (unpaired) electrons. The van der Waals surface area contributed by atoms with Crippen molar-refractivity contribution >= 4 is 40.7 Å².